The molecule has 0 N–H and O–H groups in total. The molecule has 0 spiro atoms. The largest absolute Gasteiger partial charge is 0.497 e. The maximum atomic E-state index is 15.4. The van der Waals surface area contributed by atoms with Gasteiger partial charge in [-0.25, -0.2) is 92.6 Å². The highest BCUT2D eigenvalue weighted by molar-refractivity contribution is 8.02. The van der Waals surface area contributed by atoms with Gasteiger partial charge in [0, 0.05) is 11.5 Å². The van der Waals surface area contributed by atoms with E-state index in [0.29, 0.717) is 16.7 Å². The van der Waals surface area contributed by atoms with Crippen LogP contribution in [0.4, 0.5) is 87.8 Å². The Morgan fingerprint density at radius 2 is 0.769 bits per heavy atom. The number of hydrogen-bond acceptors (Lipinski definition) is 5. The molecule has 346 valence electrons. The highest BCUT2D eigenvalue weighted by atomic mass is 32.2. The number of methoxy groups -OCH3 is 1. The third kappa shape index (κ3) is 7.95. The molecule has 0 saturated carbocycles. The first-order valence-electron chi connectivity index (χ1n) is 16.8. The van der Waals surface area contributed by atoms with Crippen LogP contribution in [-0.4, -0.2) is 37.3 Å². The number of halogens is 20. The van der Waals surface area contributed by atoms with E-state index in [2.05, 4.69) is 0 Å². The minimum absolute atomic E-state index is 0.0703. The summed E-state index contributed by atoms with van der Waals surface area (Å²) in [6.07, 6.45) is -4.25. The van der Waals surface area contributed by atoms with Gasteiger partial charge in [0.15, 0.2) is 75.6 Å². The number of carbonyl (C=O) groups excluding carboxylic acids is 1. The number of ketones is 1. The number of rotatable bonds is 8. The molecule has 0 bridgehead atoms. The van der Waals surface area contributed by atoms with Crippen molar-refractivity contribution in [1.82, 2.24) is 0 Å². The summed E-state index contributed by atoms with van der Waals surface area (Å²) < 4.78 is 316. The van der Waals surface area contributed by atoms with Gasteiger partial charge in [-0.15, -0.1) is 26.1 Å². The highest BCUT2D eigenvalue weighted by Crippen LogP contribution is 2.31. The van der Waals surface area contributed by atoms with Crippen LogP contribution < -0.4 is 32.2 Å². The normalized spacial score (nSPS) is 11.9. The summed E-state index contributed by atoms with van der Waals surface area (Å²) in [6, 6.07) is 6.45. The van der Waals surface area contributed by atoms with Crippen molar-refractivity contribution < 1.29 is 106 Å². The van der Waals surface area contributed by atoms with Crippen LogP contribution in [0.1, 0.15) is 10.4 Å². The zero-order valence-corrected chi connectivity index (χ0v) is 32.4. The van der Waals surface area contributed by atoms with Gasteiger partial charge >= 0.3 is 5.63 Å². The monoisotopic (exact) mass is 974 g/mol. The van der Waals surface area contributed by atoms with Crippen LogP contribution in [0.5, 0.6) is 5.75 Å². The fourth-order valence-electron chi connectivity index (χ4n) is 6.68. The Morgan fingerprint density at radius 1 is 0.492 bits per heavy atom. The lowest BCUT2D eigenvalue weighted by atomic mass is 9.12. The van der Waals surface area contributed by atoms with Crippen LogP contribution >= 0.6 is 0 Å². The second-order valence-corrected chi connectivity index (χ2v) is 16.8. The fraction of sp³-hybridized carbons (Fsp3) is 0.105. The predicted molar refractivity (Wildman–Crippen MR) is 187 cm³/mol. The topological polar surface area (TPSA) is 73.6 Å². The lowest BCUT2D eigenvalue weighted by Crippen LogP contribution is -2.81. The molecule has 1 heterocycles. The summed E-state index contributed by atoms with van der Waals surface area (Å²) in [4.78, 5) is 23.8. The first-order valence-corrected chi connectivity index (χ1v) is 19.3. The van der Waals surface area contributed by atoms with Crippen LogP contribution in [-0.2, 0) is 14.1 Å². The molecule has 0 aliphatic rings. The van der Waals surface area contributed by atoms with E-state index in [9.17, 15) is 66.5 Å². The van der Waals surface area contributed by atoms with Gasteiger partial charge in [0.25, 0.3) is 0 Å². The second-order valence-electron chi connectivity index (χ2n) is 13.7. The standard InChI is InChI=1S/C24BF20.C14H15O5S/c26-5-1(6(27)14(35)21(42)13(5)34)25(2-7(28)15(36)22(43)16(37)8(2)29,3-9(30)17(38)23(44)18(39)10(3)31)4-11(32)19(40)24(45)20(41)12(4)33;1-18-10-5-4-9-6-11(12(15)8-20(2,3)17)14(16)19-13(9)7-10/h;4-7H,8H2,1-3H3/q-1;+1. The smallest absolute Gasteiger partial charge is 0.347 e. The first kappa shape index (κ1) is 49.6. The van der Waals surface area contributed by atoms with E-state index in [0.717, 1.165) is 0 Å². The van der Waals surface area contributed by atoms with E-state index in [1.807, 2.05) is 0 Å². The Morgan fingerprint density at radius 3 is 1.03 bits per heavy atom. The van der Waals surface area contributed by atoms with E-state index in [-0.39, 0.29) is 11.3 Å². The Bertz CT molecular complexity index is 2740. The fourth-order valence-corrected chi connectivity index (χ4v) is 7.47. The van der Waals surface area contributed by atoms with Crippen molar-refractivity contribution in [3.63, 3.8) is 0 Å². The average Bonchev–Trinajstić information content (AvgIpc) is 3.25. The minimum atomic E-state index is -7.22. The van der Waals surface area contributed by atoms with E-state index >= 15 is 35.1 Å². The van der Waals surface area contributed by atoms with E-state index in [1.165, 1.54) is 25.7 Å². The van der Waals surface area contributed by atoms with Crippen LogP contribution in [0.25, 0.3) is 11.0 Å². The van der Waals surface area contributed by atoms with Gasteiger partial charge < -0.3 is 9.15 Å². The molecule has 5 nitrogen and oxygen atoms in total. The molecular formula is C38H15BF20O5S. The maximum Gasteiger partial charge on any atom is 0.347 e. The summed E-state index contributed by atoms with van der Waals surface area (Å²) in [5, 5.41) is 0.618. The van der Waals surface area contributed by atoms with Gasteiger partial charge in [0.1, 0.15) is 82.1 Å². The van der Waals surface area contributed by atoms with Crippen molar-refractivity contribution in [2.24, 2.45) is 0 Å². The number of carbonyl (C=O) groups is 1. The number of benzene rings is 5. The van der Waals surface area contributed by atoms with Crippen molar-refractivity contribution in [1.29, 1.82) is 0 Å². The second kappa shape index (κ2) is 17.5. The van der Waals surface area contributed by atoms with Crippen LogP contribution in [0.15, 0.2) is 33.5 Å². The summed E-state index contributed by atoms with van der Waals surface area (Å²) in [5.41, 5.74) is -14.8. The molecule has 65 heavy (non-hydrogen) atoms. The van der Waals surface area contributed by atoms with Gasteiger partial charge in [-0.3, -0.25) is 4.79 Å². The molecule has 0 radical (unpaired) electrons. The van der Waals surface area contributed by atoms with Gasteiger partial charge in [-0.05, 0) is 18.2 Å². The molecule has 0 atom stereocenters. The Labute approximate surface area is 348 Å². The Hall–Kier alpha value is -6.41. The van der Waals surface area contributed by atoms with E-state index in [4.69, 9.17) is 9.15 Å². The molecule has 1 aromatic heterocycles. The number of hydrogen-bond donors (Lipinski definition) is 0. The lowest BCUT2D eigenvalue weighted by Gasteiger charge is -2.44. The van der Waals surface area contributed by atoms with E-state index < -0.39 is 166 Å². The molecule has 6 rings (SSSR count). The number of Topliss-reactive ketones (excluding diaryl/α,β-unsaturated/α-hetero) is 1. The molecule has 0 amide bonds. The molecule has 0 aliphatic carbocycles. The van der Waals surface area contributed by atoms with Crippen molar-refractivity contribution in [3.8, 4) is 5.75 Å². The summed E-state index contributed by atoms with van der Waals surface area (Å²) in [5.74, 6) is -71.5. The lowest BCUT2D eigenvalue weighted by molar-refractivity contribution is 0.101. The quantitative estimate of drug-likeness (QED) is 0.0299. The van der Waals surface area contributed by atoms with Crippen molar-refractivity contribution >= 4 is 54.7 Å². The Balaban J connectivity index is 0.000000330. The zero-order chi connectivity index (χ0) is 49.3. The third-order valence-corrected chi connectivity index (χ3v) is 10.4. The molecule has 0 aliphatic heterocycles. The minimum Gasteiger partial charge on any atom is -0.497 e. The van der Waals surface area contributed by atoms with E-state index in [1.54, 1.807) is 18.2 Å². The third-order valence-electron chi connectivity index (χ3n) is 9.43. The molecule has 5 aromatic carbocycles. The zero-order valence-electron chi connectivity index (χ0n) is 31.6. The molecule has 0 saturated heterocycles. The first-order chi connectivity index (χ1) is 30.0. The van der Waals surface area contributed by atoms with Crippen LogP contribution in [0, 0.1) is 116 Å². The van der Waals surface area contributed by atoms with Crippen molar-refractivity contribution in [2.75, 3.05) is 25.4 Å². The number of fused-ring (bicyclic) bond motifs is 1. The maximum absolute atomic E-state index is 15.4. The number of ether oxygens (including phenoxy) is 1. The van der Waals surface area contributed by atoms with Gasteiger partial charge in [-0.2, -0.15) is 0 Å². The molecule has 27 heteroatoms. The summed E-state index contributed by atoms with van der Waals surface area (Å²) >= 11 is 0. The van der Waals surface area contributed by atoms with Crippen LogP contribution in [0.2, 0.25) is 0 Å². The van der Waals surface area contributed by atoms with Crippen LogP contribution in [0.3, 0.4) is 0 Å². The average molecular weight is 974 g/mol. The summed E-state index contributed by atoms with van der Waals surface area (Å²) in [6.45, 7) is 0. The van der Waals surface area contributed by atoms with Gasteiger partial charge in [0.05, 0.1) is 17.0 Å². The Kier molecular flexibility index (Phi) is 13.4. The summed E-state index contributed by atoms with van der Waals surface area (Å²) in [7, 11) is -0.742. The SMILES string of the molecule is COc1ccc2cc(C(=O)C[S+](C)(C)=O)c(=O)oc2c1.Fc1c(F)c(F)c([B-](c2c(F)c(F)c(F)c(F)c2F)(c2c(F)c(F)c(F)c(F)c2F)c2c(F)c(F)c(F)c(F)c2F)c(F)c1F. The highest BCUT2D eigenvalue weighted by Gasteiger charge is 2.52. The van der Waals surface area contributed by atoms with Crippen molar-refractivity contribution in [3.05, 3.63) is 157 Å². The molecular weight excluding hydrogens is 959 g/mol. The van der Waals surface area contributed by atoms with Crippen molar-refractivity contribution in [2.45, 2.75) is 0 Å². The molecule has 0 fully saturated rings. The van der Waals surface area contributed by atoms with Gasteiger partial charge in [0.2, 0.25) is 5.78 Å². The predicted octanol–water partition coefficient (Wildman–Crippen LogP) is 7.59. The molecule has 6 aromatic rings. The molecule has 0 unspecified atom stereocenters. The van der Waals surface area contributed by atoms with Gasteiger partial charge in [-0.1, -0.05) is 0 Å².